The van der Waals surface area contributed by atoms with Gasteiger partial charge in [0.15, 0.2) is 0 Å². The van der Waals surface area contributed by atoms with E-state index >= 15 is 0 Å². The number of hydrogen-bond donors (Lipinski definition) is 3. The number of pyridine rings is 1. The highest BCUT2D eigenvalue weighted by molar-refractivity contribution is 5.96. The Labute approximate surface area is 263 Å². The molecule has 9 nitrogen and oxygen atoms in total. The number of carboxylic acid groups (broad SMARTS) is 1. The number of carboxylic acids is 1. The molecule has 0 spiro atoms. The maximum Gasteiger partial charge on any atom is 0.416 e. The number of nitrogens with zero attached hydrogens (tertiary/aromatic N) is 2. The number of allylic oxidation sites excluding steroid dienone is 1. The Morgan fingerprint density at radius 3 is 2.72 bits per heavy atom. The zero-order valence-corrected chi connectivity index (χ0v) is 25.0. The lowest BCUT2D eigenvalue weighted by atomic mass is 10.0. The second-order valence-corrected chi connectivity index (χ2v) is 12.2. The molecule has 46 heavy (non-hydrogen) atoms. The Kier molecular flexibility index (Phi) is 8.63. The molecule has 1 saturated carbocycles. The third kappa shape index (κ3) is 6.52. The molecule has 0 unspecified atom stereocenters. The number of carbonyl (C=O) groups excluding carboxylic acids is 2. The third-order valence-corrected chi connectivity index (χ3v) is 9.07. The molecular weight excluding hydrogens is 601 g/mol. The van der Waals surface area contributed by atoms with Crippen LogP contribution in [0, 0.1) is 5.92 Å². The van der Waals surface area contributed by atoms with Crippen LogP contribution in [0.2, 0.25) is 0 Å². The molecule has 3 aliphatic rings. The average molecular weight is 637 g/mol. The van der Waals surface area contributed by atoms with E-state index in [0.717, 1.165) is 35.7 Å². The Morgan fingerprint density at radius 1 is 1.09 bits per heavy atom. The van der Waals surface area contributed by atoms with Gasteiger partial charge >= 0.3 is 12.1 Å². The van der Waals surface area contributed by atoms with E-state index in [0.29, 0.717) is 25.1 Å². The number of carbonyl (C=O) groups is 3. The maximum absolute atomic E-state index is 14.3. The lowest BCUT2D eigenvalue weighted by molar-refractivity contribution is -0.145. The van der Waals surface area contributed by atoms with Crippen molar-refractivity contribution in [2.45, 2.75) is 74.8 Å². The molecular formula is C34H35F3N4O5. The molecule has 1 aliphatic carbocycles. The summed E-state index contributed by atoms with van der Waals surface area (Å²) in [5, 5.41) is 17.5. The Hall–Kier alpha value is -4.61. The summed E-state index contributed by atoms with van der Waals surface area (Å²) in [6.45, 7) is 0.00595. The van der Waals surface area contributed by atoms with Crippen molar-refractivity contribution in [3.05, 3.63) is 78.5 Å². The first kappa shape index (κ1) is 31.4. The highest BCUT2D eigenvalue weighted by Gasteiger charge is 2.61. The number of benzene rings is 2. The van der Waals surface area contributed by atoms with Crippen molar-refractivity contribution in [2.24, 2.45) is 5.92 Å². The molecule has 12 heteroatoms. The van der Waals surface area contributed by atoms with Gasteiger partial charge < -0.3 is 25.4 Å². The van der Waals surface area contributed by atoms with Crippen LogP contribution >= 0.6 is 0 Å². The number of alkyl halides is 3. The van der Waals surface area contributed by atoms with Crippen LogP contribution in [-0.4, -0.2) is 63.0 Å². The molecule has 3 heterocycles. The minimum Gasteiger partial charge on any atom is -0.479 e. The van der Waals surface area contributed by atoms with Crippen LogP contribution in [0.5, 0.6) is 5.88 Å². The van der Waals surface area contributed by atoms with E-state index < -0.39 is 53.2 Å². The number of rotatable bonds is 5. The summed E-state index contributed by atoms with van der Waals surface area (Å²) in [5.74, 6) is -2.26. The van der Waals surface area contributed by atoms with Crippen LogP contribution in [0.15, 0.2) is 72.9 Å². The molecule has 3 aromatic rings. The van der Waals surface area contributed by atoms with Crippen molar-refractivity contribution in [3.63, 3.8) is 0 Å². The summed E-state index contributed by atoms with van der Waals surface area (Å²) in [6.07, 6.45) is 3.66. The molecule has 6 rings (SSSR count). The van der Waals surface area contributed by atoms with Crippen LogP contribution in [-0.2, 0) is 20.6 Å². The molecule has 5 atom stereocenters. The highest BCUT2D eigenvalue weighted by Crippen LogP contribution is 2.45. The summed E-state index contributed by atoms with van der Waals surface area (Å²) in [6, 6.07) is 12.0. The molecule has 2 amide bonds. The van der Waals surface area contributed by atoms with Gasteiger partial charge in [0.05, 0.1) is 12.1 Å². The van der Waals surface area contributed by atoms with Gasteiger partial charge in [-0.1, -0.05) is 49.3 Å². The van der Waals surface area contributed by atoms with E-state index in [9.17, 15) is 32.7 Å². The number of halogens is 3. The monoisotopic (exact) mass is 636 g/mol. The second kappa shape index (κ2) is 12.6. The largest absolute Gasteiger partial charge is 0.479 e. The Morgan fingerprint density at radius 2 is 1.91 bits per heavy atom. The smallest absolute Gasteiger partial charge is 0.416 e. The van der Waals surface area contributed by atoms with Gasteiger partial charge in [0.2, 0.25) is 17.7 Å². The maximum atomic E-state index is 14.3. The van der Waals surface area contributed by atoms with Crippen LogP contribution in [0.25, 0.3) is 10.8 Å². The minimum absolute atomic E-state index is 0.00595. The van der Waals surface area contributed by atoms with E-state index in [2.05, 4.69) is 15.6 Å². The number of nitrogens with one attached hydrogen (secondary N) is 2. The lowest BCUT2D eigenvalue weighted by Gasteiger charge is -2.30. The van der Waals surface area contributed by atoms with Crippen molar-refractivity contribution >= 4 is 34.2 Å². The van der Waals surface area contributed by atoms with Gasteiger partial charge in [0.1, 0.15) is 23.7 Å². The molecule has 2 fully saturated rings. The van der Waals surface area contributed by atoms with Gasteiger partial charge in [-0.3, -0.25) is 9.59 Å². The van der Waals surface area contributed by atoms with Gasteiger partial charge in [-0.25, -0.2) is 9.78 Å². The van der Waals surface area contributed by atoms with E-state index in [1.165, 1.54) is 17.0 Å². The average Bonchev–Trinajstić information content (AvgIpc) is 3.56. The fourth-order valence-electron chi connectivity index (χ4n) is 6.48. The Balaban J connectivity index is 1.31. The zero-order valence-electron chi connectivity index (χ0n) is 25.0. The van der Waals surface area contributed by atoms with Crippen molar-refractivity contribution < 1.29 is 37.4 Å². The van der Waals surface area contributed by atoms with E-state index in [4.69, 9.17) is 4.74 Å². The molecule has 0 radical (unpaired) electrons. The molecule has 3 N–H and O–H groups in total. The number of aliphatic carboxylic acids is 1. The van der Waals surface area contributed by atoms with E-state index in [1.54, 1.807) is 6.20 Å². The van der Waals surface area contributed by atoms with Gasteiger partial charge in [0.25, 0.3) is 0 Å². The third-order valence-electron chi connectivity index (χ3n) is 9.07. The number of fused-ring (bicyclic) bond motifs is 3. The van der Waals surface area contributed by atoms with Crippen LogP contribution in [0.3, 0.4) is 0 Å². The lowest BCUT2D eigenvalue weighted by Crippen LogP contribution is -2.55. The number of hydrogen-bond acceptors (Lipinski definition) is 6. The van der Waals surface area contributed by atoms with Gasteiger partial charge in [-0.05, 0) is 61.4 Å². The molecule has 242 valence electrons. The molecule has 1 aromatic heterocycles. The summed E-state index contributed by atoms with van der Waals surface area (Å²) in [7, 11) is 0. The SMILES string of the molecule is O=C1N[C@]2(C(=O)O)C[C@@H]2/C=C\CCCCC[C@H](Nc2cccc(C(F)(F)F)c2)C(=O)N2C[C@H](Oc3nccc4ccccc34)C[C@@H]12. The zero-order chi connectivity index (χ0) is 32.5. The number of aromatic nitrogens is 1. The first-order valence-corrected chi connectivity index (χ1v) is 15.5. The molecule has 0 bridgehead atoms. The van der Waals surface area contributed by atoms with Crippen molar-refractivity contribution in [3.8, 4) is 5.88 Å². The topological polar surface area (TPSA) is 121 Å². The van der Waals surface area contributed by atoms with Crippen LogP contribution in [0.4, 0.5) is 18.9 Å². The predicted octanol–water partition coefficient (Wildman–Crippen LogP) is 5.56. The first-order chi connectivity index (χ1) is 22.0. The predicted molar refractivity (Wildman–Crippen MR) is 164 cm³/mol. The van der Waals surface area contributed by atoms with Crippen molar-refractivity contribution in [2.75, 3.05) is 11.9 Å². The fraction of sp³-hybridized carbons (Fsp3) is 0.412. The summed E-state index contributed by atoms with van der Waals surface area (Å²) < 4.78 is 46.7. The fourth-order valence-corrected chi connectivity index (χ4v) is 6.48. The van der Waals surface area contributed by atoms with Gasteiger partial charge in [-0.2, -0.15) is 13.2 Å². The quantitative estimate of drug-likeness (QED) is 0.314. The number of amides is 2. The van der Waals surface area contributed by atoms with Crippen molar-refractivity contribution in [1.29, 1.82) is 0 Å². The van der Waals surface area contributed by atoms with Crippen LogP contribution < -0.4 is 15.4 Å². The number of anilines is 1. The van der Waals surface area contributed by atoms with E-state index in [-0.39, 0.29) is 31.0 Å². The molecule has 2 aromatic carbocycles. The highest BCUT2D eigenvalue weighted by atomic mass is 19.4. The molecule has 1 saturated heterocycles. The van der Waals surface area contributed by atoms with E-state index in [1.807, 2.05) is 42.5 Å². The van der Waals surface area contributed by atoms with Gasteiger partial charge in [0, 0.05) is 29.6 Å². The normalized spacial score (nSPS) is 27.8. The second-order valence-electron chi connectivity index (χ2n) is 12.2. The van der Waals surface area contributed by atoms with Crippen LogP contribution in [0.1, 0.15) is 50.5 Å². The minimum atomic E-state index is -4.56. The van der Waals surface area contributed by atoms with Gasteiger partial charge in [-0.15, -0.1) is 0 Å². The summed E-state index contributed by atoms with van der Waals surface area (Å²) in [5.41, 5.74) is -2.18. The molecule has 2 aliphatic heterocycles. The summed E-state index contributed by atoms with van der Waals surface area (Å²) >= 11 is 0. The van der Waals surface area contributed by atoms with Crippen molar-refractivity contribution in [1.82, 2.24) is 15.2 Å². The number of ether oxygens (including phenoxy) is 1. The summed E-state index contributed by atoms with van der Waals surface area (Å²) in [4.78, 5) is 46.2. The first-order valence-electron chi connectivity index (χ1n) is 15.5. The Bertz CT molecular complexity index is 1660. The standard InChI is InChI=1S/C34H35F3N4O5/c35-34(36,37)22-11-8-12-24(17-22)39-27-14-5-3-1-2-4-10-23-19-33(23,32(44)45)40-29(42)28-18-25(20-41(28)31(27)43)46-30-26-13-7-6-9-21(26)15-16-38-30/h4,6-13,15-17,23,25,27-28,39H,1-3,5,14,18-20H2,(H,40,42)(H,44,45)/b10-4-/t23-,25+,27-,28-,33+/m0/s1.